The van der Waals surface area contributed by atoms with E-state index >= 15 is 0 Å². The van der Waals surface area contributed by atoms with Crippen LogP contribution in [0, 0.1) is 0 Å². The molecule has 0 aliphatic heterocycles. The molecule has 0 radical (unpaired) electrons. The van der Waals surface area contributed by atoms with Gasteiger partial charge in [0.05, 0.1) is 6.54 Å². The molecule has 1 N–H and O–H groups in total. The summed E-state index contributed by atoms with van der Waals surface area (Å²) in [4.78, 5) is 12.5. The summed E-state index contributed by atoms with van der Waals surface area (Å²) < 4.78 is 41.1. The maximum Gasteiger partial charge on any atom is 0.573 e. The van der Waals surface area contributed by atoms with E-state index in [1.165, 1.54) is 18.2 Å². The Hall–Kier alpha value is -1.76. The average Bonchev–Trinajstić information content (AvgIpc) is 2.27. The third-order valence-electron chi connectivity index (χ3n) is 2.83. The molecule has 1 aromatic carbocycles. The molecule has 0 atom stereocenters. The molecule has 0 saturated carbocycles. The summed E-state index contributed by atoms with van der Waals surface area (Å²) in [6.07, 6.45) is -4.78. The Balaban J connectivity index is 3.01. The summed E-state index contributed by atoms with van der Waals surface area (Å²) in [6.45, 7) is 5.15. The molecule has 7 heteroatoms. The zero-order valence-electron chi connectivity index (χ0n) is 12.1. The molecule has 0 bridgehead atoms. The number of rotatable bonds is 5. The van der Waals surface area contributed by atoms with E-state index < -0.39 is 17.9 Å². The van der Waals surface area contributed by atoms with Crippen LogP contribution in [0.5, 0.6) is 5.75 Å². The number of ether oxygens (including phenoxy) is 1. The molecule has 0 unspecified atom stereocenters. The van der Waals surface area contributed by atoms with Crippen molar-refractivity contribution in [1.29, 1.82) is 0 Å². The Morgan fingerprint density at radius 3 is 2.29 bits per heavy atom. The summed E-state index contributed by atoms with van der Waals surface area (Å²) >= 11 is 0. The second-order valence-electron chi connectivity index (χ2n) is 5.58. The molecule has 0 heterocycles. The molecular formula is C14H18F3NO3. The molecular weight excluding hydrogens is 287 g/mol. The number of halogens is 3. The number of benzene rings is 1. The van der Waals surface area contributed by atoms with E-state index in [9.17, 15) is 18.0 Å². The maximum atomic E-state index is 12.4. The van der Waals surface area contributed by atoms with Crippen LogP contribution in [0.1, 0.15) is 26.3 Å². The number of hydrogen-bond acceptors (Lipinski definition) is 3. The van der Waals surface area contributed by atoms with Crippen molar-refractivity contribution in [3.63, 3.8) is 0 Å². The standard InChI is InChI=1S/C14H18F3NO3/c1-13(2,3)18(9-12(19)20)8-10-6-4-5-7-11(10)21-14(15,16)17/h4-7H,8-9H2,1-3H3,(H,19,20). The minimum atomic E-state index is -4.78. The van der Waals surface area contributed by atoms with Crippen LogP contribution in [0.3, 0.4) is 0 Å². The number of para-hydroxylation sites is 1. The van der Waals surface area contributed by atoms with Gasteiger partial charge in [-0.1, -0.05) is 18.2 Å². The number of carboxylic acid groups (broad SMARTS) is 1. The van der Waals surface area contributed by atoms with E-state index in [1.807, 2.05) is 0 Å². The summed E-state index contributed by atoms with van der Waals surface area (Å²) in [5.74, 6) is -1.36. The summed E-state index contributed by atoms with van der Waals surface area (Å²) in [5.41, 5.74) is -0.227. The molecule has 4 nitrogen and oxygen atoms in total. The van der Waals surface area contributed by atoms with Gasteiger partial charge in [0.1, 0.15) is 5.75 Å². The number of carbonyl (C=O) groups is 1. The largest absolute Gasteiger partial charge is 0.573 e. The first kappa shape index (κ1) is 17.3. The smallest absolute Gasteiger partial charge is 0.480 e. The van der Waals surface area contributed by atoms with Crippen molar-refractivity contribution in [2.24, 2.45) is 0 Å². The summed E-state index contributed by atoms with van der Waals surface area (Å²) in [5, 5.41) is 8.93. The van der Waals surface area contributed by atoms with Crippen molar-refractivity contribution in [2.75, 3.05) is 6.54 Å². The summed E-state index contributed by atoms with van der Waals surface area (Å²) in [7, 11) is 0. The molecule has 0 fully saturated rings. The first-order chi connectivity index (χ1) is 9.49. The highest BCUT2D eigenvalue weighted by atomic mass is 19.4. The lowest BCUT2D eigenvalue weighted by atomic mass is 10.0. The number of nitrogens with zero attached hydrogens (tertiary/aromatic N) is 1. The highest BCUT2D eigenvalue weighted by molar-refractivity contribution is 5.69. The molecule has 21 heavy (non-hydrogen) atoms. The Labute approximate surface area is 121 Å². The molecule has 0 saturated heterocycles. The maximum absolute atomic E-state index is 12.4. The minimum absolute atomic E-state index is 0.0437. The monoisotopic (exact) mass is 305 g/mol. The second-order valence-corrected chi connectivity index (χ2v) is 5.58. The van der Waals surface area contributed by atoms with Crippen LogP contribution in [-0.4, -0.2) is 34.4 Å². The van der Waals surface area contributed by atoms with Gasteiger partial charge in [0.2, 0.25) is 0 Å². The van der Waals surface area contributed by atoms with E-state index in [4.69, 9.17) is 5.11 Å². The molecule has 1 rings (SSSR count). The molecule has 0 aliphatic carbocycles. The predicted molar refractivity (Wildman–Crippen MR) is 70.9 cm³/mol. The van der Waals surface area contributed by atoms with Crippen LogP contribution < -0.4 is 4.74 Å². The number of carboxylic acids is 1. The van der Waals surface area contributed by atoms with Gasteiger partial charge in [-0.3, -0.25) is 9.69 Å². The van der Waals surface area contributed by atoms with Crippen molar-refractivity contribution >= 4 is 5.97 Å². The van der Waals surface area contributed by atoms with Gasteiger partial charge in [-0.05, 0) is 26.8 Å². The van der Waals surface area contributed by atoms with Crippen molar-refractivity contribution in [3.8, 4) is 5.75 Å². The highest BCUT2D eigenvalue weighted by Gasteiger charge is 2.32. The van der Waals surface area contributed by atoms with Crippen LogP contribution in [0.25, 0.3) is 0 Å². The van der Waals surface area contributed by atoms with Crippen molar-refractivity contribution in [3.05, 3.63) is 29.8 Å². The van der Waals surface area contributed by atoms with Gasteiger partial charge in [-0.25, -0.2) is 0 Å². The van der Waals surface area contributed by atoms with E-state index in [-0.39, 0.29) is 24.4 Å². The van der Waals surface area contributed by atoms with Crippen molar-refractivity contribution < 1.29 is 27.8 Å². The Bertz CT molecular complexity index is 495. The van der Waals surface area contributed by atoms with Gasteiger partial charge in [0, 0.05) is 17.6 Å². The quantitative estimate of drug-likeness (QED) is 0.907. The van der Waals surface area contributed by atoms with Crippen LogP contribution in [0.15, 0.2) is 24.3 Å². The zero-order valence-corrected chi connectivity index (χ0v) is 12.1. The lowest BCUT2D eigenvalue weighted by Crippen LogP contribution is -2.43. The average molecular weight is 305 g/mol. The molecule has 0 spiro atoms. The van der Waals surface area contributed by atoms with Crippen LogP contribution >= 0.6 is 0 Å². The molecule has 0 aromatic heterocycles. The number of alkyl halides is 3. The van der Waals surface area contributed by atoms with E-state index in [2.05, 4.69) is 4.74 Å². The highest BCUT2D eigenvalue weighted by Crippen LogP contribution is 2.28. The number of aliphatic carboxylic acids is 1. The van der Waals surface area contributed by atoms with Gasteiger partial charge in [-0.15, -0.1) is 13.2 Å². The van der Waals surface area contributed by atoms with Gasteiger partial charge >= 0.3 is 12.3 Å². The molecule has 0 amide bonds. The fraction of sp³-hybridized carbons (Fsp3) is 0.500. The summed E-state index contributed by atoms with van der Waals surface area (Å²) in [6, 6.07) is 5.72. The minimum Gasteiger partial charge on any atom is -0.480 e. The first-order valence-electron chi connectivity index (χ1n) is 6.29. The SMILES string of the molecule is CC(C)(C)N(CC(=O)O)Cc1ccccc1OC(F)(F)F. The van der Waals surface area contributed by atoms with Gasteiger partial charge in [0.25, 0.3) is 0 Å². The third-order valence-corrected chi connectivity index (χ3v) is 2.83. The Morgan fingerprint density at radius 2 is 1.81 bits per heavy atom. The van der Waals surface area contributed by atoms with Gasteiger partial charge < -0.3 is 9.84 Å². The van der Waals surface area contributed by atoms with Crippen LogP contribution in [-0.2, 0) is 11.3 Å². The van der Waals surface area contributed by atoms with Gasteiger partial charge in [0.15, 0.2) is 0 Å². The lowest BCUT2D eigenvalue weighted by Gasteiger charge is -2.34. The lowest BCUT2D eigenvalue weighted by molar-refractivity contribution is -0.275. The Morgan fingerprint density at radius 1 is 1.24 bits per heavy atom. The van der Waals surface area contributed by atoms with E-state index in [0.717, 1.165) is 0 Å². The fourth-order valence-electron chi connectivity index (χ4n) is 1.76. The number of hydrogen-bond donors (Lipinski definition) is 1. The normalized spacial score (nSPS) is 12.5. The van der Waals surface area contributed by atoms with E-state index in [1.54, 1.807) is 31.7 Å². The zero-order chi connectivity index (χ0) is 16.3. The molecule has 118 valence electrons. The molecule has 0 aliphatic rings. The second kappa shape index (κ2) is 6.34. The van der Waals surface area contributed by atoms with E-state index in [0.29, 0.717) is 0 Å². The fourth-order valence-corrected chi connectivity index (χ4v) is 1.76. The predicted octanol–water partition coefficient (Wildman–Crippen LogP) is 3.27. The van der Waals surface area contributed by atoms with Crippen molar-refractivity contribution in [2.45, 2.75) is 39.2 Å². The Kier molecular flexibility index (Phi) is 5.22. The third kappa shape index (κ3) is 6.03. The van der Waals surface area contributed by atoms with Crippen LogP contribution in [0.4, 0.5) is 13.2 Å². The molecule has 1 aromatic rings. The topological polar surface area (TPSA) is 49.8 Å². The van der Waals surface area contributed by atoms with Gasteiger partial charge in [-0.2, -0.15) is 0 Å². The van der Waals surface area contributed by atoms with Crippen LogP contribution in [0.2, 0.25) is 0 Å². The first-order valence-corrected chi connectivity index (χ1v) is 6.29. The van der Waals surface area contributed by atoms with Crippen molar-refractivity contribution in [1.82, 2.24) is 4.90 Å².